The first-order chi connectivity index (χ1) is 9.61. The molecule has 0 heterocycles. The lowest BCUT2D eigenvalue weighted by Gasteiger charge is -2.01. The third-order valence-corrected chi connectivity index (χ3v) is 3.06. The Balaban J connectivity index is 2.41. The van der Waals surface area contributed by atoms with E-state index in [9.17, 15) is 15.4 Å². The Morgan fingerprint density at radius 2 is 1.85 bits per heavy atom. The highest BCUT2D eigenvalue weighted by atomic mass is 35.5. The van der Waals surface area contributed by atoms with Gasteiger partial charge in [0.25, 0.3) is 5.69 Å². The van der Waals surface area contributed by atoms with Crippen molar-refractivity contribution in [2.24, 2.45) is 0 Å². The molecule has 0 aliphatic rings. The van der Waals surface area contributed by atoms with Crippen molar-refractivity contribution in [3.05, 3.63) is 74.8 Å². The first-order valence-electron chi connectivity index (χ1n) is 5.73. The van der Waals surface area contributed by atoms with Gasteiger partial charge in [-0.3, -0.25) is 10.1 Å². The highest BCUT2D eigenvalue weighted by Gasteiger charge is 2.07. The van der Waals surface area contributed by atoms with Crippen LogP contribution in [0, 0.1) is 21.4 Å². The van der Waals surface area contributed by atoms with Gasteiger partial charge in [0.15, 0.2) is 0 Å². The molecule has 0 fully saturated rings. The van der Waals surface area contributed by atoms with Crippen LogP contribution in [0.5, 0.6) is 0 Å². The van der Waals surface area contributed by atoms with Crippen molar-refractivity contribution in [1.82, 2.24) is 0 Å². The number of nitriles is 1. The molecule has 0 amide bonds. The van der Waals surface area contributed by atoms with E-state index in [0.717, 1.165) is 5.56 Å². The minimum Gasteiger partial charge on any atom is -0.258 e. The predicted molar refractivity (Wildman–Crippen MR) is 78.0 cm³/mol. The van der Waals surface area contributed by atoms with Gasteiger partial charge in [-0.25, -0.2) is 0 Å². The lowest BCUT2D eigenvalue weighted by molar-refractivity contribution is -0.384. The average molecular weight is 285 g/mol. The molecule has 2 aromatic carbocycles. The van der Waals surface area contributed by atoms with Crippen molar-refractivity contribution < 1.29 is 4.92 Å². The molecule has 5 heteroatoms. The zero-order chi connectivity index (χ0) is 14.5. The molecule has 2 aromatic rings. The van der Waals surface area contributed by atoms with E-state index in [-0.39, 0.29) is 5.69 Å². The monoisotopic (exact) mass is 284 g/mol. The smallest absolute Gasteiger partial charge is 0.258 e. The fourth-order valence-electron chi connectivity index (χ4n) is 1.69. The zero-order valence-electron chi connectivity index (χ0n) is 10.3. The Morgan fingerprint density at radius 3 is 2.40 bits per heavy atom. The van der Waals surface area contributed by atoms with Crippen LogP contribution in [0.4, 0.5) is 5.69 Å². The maximum absolute atomic E-state index is 10.6. The summed E-state index contributed by atoms with van der Waals surface area (Å²) >= 11 is 6.04. The second-order valence-electron chi connectivity index (χ2n) is 4.00. The van der Waals surface area contributed by atoms with E-state index in [4.69, 9.17) is 11.6 Å². The highest BCUT2D eigenvalue weighted by molar-refractivity contribution is 6.32. The van der Waals surface area contributed by atoms with Gasteiger partial charge < -0.3 is 0 Å². The Morgan fingerprint density at radius 1 is 1.20 bits per heavy atom. The lowest BCUT2D eigenvalue weighted by atomic mass is 10.0. The van der Waals surface area contributed by atoms with Crippen molar-refractivity contribution in [2.45, 2.75) is 0 Å². The summed E-state index contributed by atoms with van der Waals surface area (Å²) in [6.45, 7) is 0. The molecule has 0 aliphatic carbocycles. The quantitative estimate of drug-likeness (QED) is 0.365. The average Bonchev–Trinajstić information content (AvgIpc) is 2.46. The minimum absolute atomic E-state index is 0.0104. The Hall–Kier alpha value is -2.64. The molecule has 0 radical (unpaired) electrons. The van der Waals surface area contributed by atoms with Crippen LogP contribution in [0.25, 0.3) is 11.6 Å². The Labute approximate surface area is 120 Å². The van der Waals surface area contributed by atoms with Crippen molar-refractivity contribution >= 4 is 28.9 Å². The molecule has 0 atom stereocenters. The normalized spacial score (nSPS) is 10.9. The first kappa shape index (κ1) is 13.8. The maximum atomic E-state index is 10.6. The number of nitro groups is 1. The lowest BCUT2D eigenvalue weighted by Crippen LogP contribution is -1.88. The summed E-state index contributed by atoms with van der Waals surface area (Å²) in [7, 11) is 0. The Bertz CT molecular complexity index is 715. The third kappa shape index (κ3) is 3.02. The van der Waals surface area contributed by atoms with E-state index < -0.39 is 4.92 Å². The standard InChI is InChI=1S/C15H9ClN2O2/c16-15-4-2-1-3-12(15)9-13(10-17)11-5-7-14(8-6-11)18(19)20/h1-9H/b13-9-. The van der Waals surface area contributed by atoms with Gasteiger partial charge in [0.1, 0.15) is 0 Å². The van der Waals surface area contributed by atoms with Crippen LogP contribution in [0.3, 0.4) is 0 Å². The van der Waals surface area contributed by atoms with E-state index in [0.29, 0.717) is 16.2 Å². The molecule has 4 nitrogen and oxygen atoms in total. The van der Waals surface area contributed by atoms with Crippen LogP contribution >= 0.6 is 11.6 Å². The van der Waals surface area contributed by atoms with E-state index in [1.54, 1.807) is 36.4 Å². The number of benzene rings is 2. The summed E-state index contributed by atoms with van der Waals surface area (Å²) in [6, 6.07) is 15.1. The summed E-state index contributed by atoms with van der Waals surface area (Å²) in [5.41, 5.74) is 1.72. The topological polar surface area (TPSA) is 66.9 Å². The predicted octanol–water partition coefficient (Wildman–Crippen LogP) is 4.31. The van der Waals surface area contributed by atoms with Crippen LogP contribution in [0.1, 0.15) is 11.1 Å². The van der Waals surface area contributed by atoms with Gasteiger partial charge in [-0.05, 0) is 35.4 Å². The van der Waals surface area contributed by atoms with Gasteiger partial charge >= 0.3 is 0 Å². The molecule has 0 unspecified atom stereocenters. The van der Waals surface area contributed by atoms with E-state index in [1.807, 2.05) is 6.07 Å². The fraction of sp³-hybridized carbons (Fsp3) is 0. The van der Waals surface area contributed by atoms with E-state index in [2.05, 4.69) is 6.07 Å². The van der Waals surface area contributed by atoms with Crippen molar-refractivity contribution in [3.8, 4) is 6.07 Å². The molecule has 2 rings (SSSR count). The van der Waals surface area contributed by atoms with Crippen LogP contribution < -0.4 is 0 Å². The molecule has 0 saturated carbocycles. The third-order valence-electron chi connectivity index (χ3n) is 2.71. The van der Waals surface area contributed by atoms with Crippen molar-refractivity contribution in [3.63, 3.8) is 0 Å². The molecule has 0 spiro atoms. The largest absolute Gasteiger partial charge is 0.269 e. The van der Waals surface area contributed by atoms with Gasteiger partial charge in [-0.15, -0.1) is 0 Å². The molecule has 0 bridgehead atoms. The molecule has 0 aliphatic heterocycles. The van der Waals surface area contributed by atoms with Crippen molar-refractivity contribution in [1.29, 1.82) is 5.26 Å². The number of halogens is 1. The summed E-state index contributed by atoms with van der Waals surface area (Å²) in [5, 5.41) is 20.4. The van der Waals surface area contributed by atoms with Crippen LogP contribution in [-0.2, 0) is 0 Å². The number of hydrogen-bond acceptors (Lipinski definition) is 3. The molecule has 0 aromatic heterocycles. The second kappa shape index (κ2) is 6.00. The van der Waals surface area contributed by atoms with Gasteiger partial charge in [-0.1, -0.05) is 29.8 Å². The van der Waals surface area contributed by atoms with Crippen molar-refractivity contribution in [2.75, 3.05) is 0 Å². The van der Waals surface area contributed by atoms with Crippen LogP contribution in [0.2, 0.25) is 5.02 Å². The van der Waals surface area contributed by atoms with Crippen LogP contribution in [0.15, 0.2) is 48.5 Å². The maximum Gasteiger partial charge on any atom is 0.269 e. The minimum atomic E-state index is -0.479. The van der Waals surface area contributed by atoms with E-state index in [1.165, 1.54) is 12.1 Å². The van der Waals surface area contributed by atoms with Gasteiger partial charge in [0.05, 0.1) is 16.6 Å². The molecule has 20 heavy (non-hydrogen) atoms. The van der Waals surface area contributed by atoms with Crippen LogP contribution in [-0.4, -0.2) is 4.92 Å². The summed E-state index contributed by atoms with van der Waals surface area (Å²) in [6.07, 6.45) is 1.66. The van der Waals surface area contributed by atoms with Gasteiger partial charge in [0, 0.05) is 17.2 Å². The van der Waals surface area contributed by atoms with E-state index >= 15 is 0 Å². The second-order valence-corrected chi connectivity index (χ2v) is 4.40. The number of rotatable bonds is 3. The molecular formula is C15H9ClN2O2. The van der Waals surface area contributed by atoms with Gasteiger partial charge in [0.2, 0.25) is 0 Å². The number of nitrogens with zero attached hydrogens (tertiary/aromatic N) is 2. The molecule has 98 valence electrons. The number of allylic oxidation sites excluding steroid dienone is 1. The summed E-state index contributed by atoms with van der Waals surface area (Å²) < 4.78 is 0. The first-order valence-corrected chi connectivity index (χ1v) is 6.11. The Kier molecular flexibility index (Phi) is 4.14. The zero-order valence-corrected chi connectivity index (χ0v) is 11.0. The summed E-state index contributed by atoms with van der Waals surface area (Å²) in [4.78, 5) is 10.1. The number of non-ortho nitro benzene ring substituents is 1. The number of nitro benzene ring substituents is 1. The SMILES string of the molecule is N#C/C(=C/c1ccccc1Cl)c1ccc([N+](=O)[O-])cc1. The molecule has 0 saturated heterocycles. The number of hydrogen-bond donors (Lipinski definition) is 0. The molecular weight excluding hydrogens is 276 g/mol. The highest BCUT2D eigenvalue weighted by Crippen LogP contribution is 2.24. The van der Waals surface area contributed by atoms with Gasteiger partial charge in [-0.2, -0.15) is 5.26 Å². The fourth-order valence-corrected chi connectivity index (χ4v) is 1.88. The molecule has 0 N–H and O–H groups in total. The summed E-state index contributed by atoms with van der Waals surface area (Å²) in [5.74, 6) is 0.